The average Bonchev–Trinajstić information content (AvgIpc) is 3.31. The van der Waals surface area contributed by atoms with Gasteiger partial charge in [-0.2, -0.15) is 0 Å². The summed E-state index contributed by atoms with van der Waals surface area (Å²) in [5, 5.41) is 5.65. The zero-order valence-corrected chi connectivity index (χ0v) is 17.7. The van der Waals surface area contributed by atoms with Gasteiger partial charge in [0.05, 0.1) is 25.0 Å². The lowest BCUT2D eigenvalue weighted by Gasteiger charge is -2.12. The Kier molecular flexibility index (Phi) is 8.29. The van der Waals surface area contributed by atoms with Gasteiger partial charge in [-0.25, -0.2) is 0 Å². The molecule has 3 aromatic rings. The SMILES string of the molecule is CCCCCCOc1ccccc1C(=O)Nc1cccc(C(=O)NCc2ccco2)c1. The predicted molar refractivity (Wildman–Crippen MR) is 120 cm³/mol. The first kappa shape index (κ1) is 22.2. The summed E-state index contributed by atoms with van der Waals surface area (Å²) in [7, 11) is 0. The number of ether oxygens (including phenoxy) is 1. The molecule has 0 aliphatic carbocycles. The molecule has 0 saturated carbocycles. The van der Waals surface area contributed by atoms with E-state index in [0.717, 1.165) is 12.8 Å². The van der Waals surface area contributed by atoms with Crippen molar-refractivity contribution in [3.63, 3.8) is 0 Å². The lowest BCUT2D eigenvalue weighted by molar-refractivity contribution is 0.0946. The molecule has 1 aromatic heterocycles. The Morgan fingerprint density at radius 3 is 2.61 bits per heavy atom. The van der Waals surface area contributed by atoms with Crippen LogP contribution in [-0.2, 0) is 6.54 Å². The van der Waals surface area contributed by atoms with Gasteiger partial charge in [-0.05, 0) is 48.9 Å². The maximum Gasteiger partial charge on any atom is 0.259 e. The Morgan fingerprint density at radius 2 is 1.81 bits per heavy atom. The second-order valence-corrected chi connectivity index (χ2v) is 7.20. The highest BCUT2D eigenvalue weighted by atomic mass is 16.5. The molecule has 2 amide bonds. The van der Waals surface area contributed by atoms with Gasteiger partial charge in [0.25, 0.3) is 11.8 Å². The van der Waals surface area contributed by atoms with Gasteiger partial charge in [-0.1, -0.05) is 44.4 Å². The Hall–Kier alpha value is -3.54. The highest BCUT2D eigenvalue weighted by Gasteiger charge is 2.14. The molecule has 0 saturated heterocycles. The van der Waals surface area contributed by atoms with E-state index in [-0.39, 0.29) is 11.8 Å². The third-order valence-corrected chi connectivity index (χ3v) is 4.77. The monoisotopic (exact) mass is 420 g/mol. The van der Waals surface area contributed by atoms with E-state index < -0.39 is 0 Å². The first-order chi connectivity index (χ1) is 15.2. The van der Waals surface area contributed by atoms with Crippen LogP contribution in [0.4, 0.5) is 5.69 Å². The van der Waals surface area contributed by atoms with Crippen molar-refractivity contribution in [2.45, 2.75) is 39.2 Å². The zero-order chi connectivity index (χ0) is 21.9. The number of hydrogen-bond acceptors (Lipinski definition) is 4. The fourth-order valence-corrected chi connectivity index (χ4v) is 3.11. The topological polar surface area (TPSA) is 80.6 Å². The molecule has 2 aromatic carbocycles. The van der Waals surface area contributed by atoms with Gasteiger partial charge in [-0.15, -0.1) is 0 Å². The minimum absolute atomic E-state index is 0.247. The first-order valence-electron chi connectivity index (χ1n) is 10.6. The van der Waals surface area contributed by atoms with Crippen LogP contribution in [0.3, 0.4) is 0 Å². The largest absolute Gasteiger partial charge is 0.493 e. The van der Waals surface area contributed by atoms with E-state index in [4.69, 9.17) is 9.15 Å². The molecule has 0 aliphatic rings. The van der Waals surface area contributed by atoms with E-state index in [0.29, 0.717) is 41.5 Å². The minimum atomic E-state index is -0.280. The van der Waals surface area contributed by atoms with Gasteiger partial charge in [-0.3, -0.25) is 9.59 Å². The van der Waals surface area contributed by atoms with Gasteiger partial charge >= 0.3 is 0 Å². The zero-order valence-electron chi connectivity index (χ0n) is 17.7. The van der Waals surface area contributed by atoms with E-state index in [9.17, 15) is 9.59 Å². The number of anilines is 1. The summed E-state index contributed by atoms with van der Waals surface area (Å²) in [6.07, 6.45) is 5.97. The van der Waals surface area contributed by atoms with Crippen LogP contribution in [0.15, 0.2) is 71.3 Å². The molecule has 0 spiro atoms. The van der Waals surface area contributed by atoms with Crippen LogP contribution < -0.4 is 15.4 Å². The summed E-state index contributed by atoms with van der Waals surface area (Å²) >= 11 is 0. The van der Waals surface area contributed by atoms with E-state index in [2.05, 4.69) is 17.6 Å². The van der Waals surface area contributed by atoms with Gasteiger partial charge in [0.2, 0.25) is 0 Å². The quantitative estimate of drug-likeness (QED) is 0.406. The molecule has 0 radical (unpaired) electrons. The van der Waals surface area contributed by atoms with E-state index in [1.807, 2.05) is 6.07 Å². The fourth-order valence-electron chi connectivity index (χ4n) is 3.11. The number of carbonyl (C=O) groups is 2. The Bertz CT molecular complexity index is 983. The second kappa shape index (κ2) is 11.6. The summed E-state index contributed by atoms with van der Waals surface area (Å²) < 4.78 is 11.1. The van der Waals surface area contributed by atoms with Crippen molar-refractivity contribution in [1.82, 2.24) is 5.32 Å². The molecule has 6 nitrogen and oxygen atoms in total. The molecule has 0 bridgehead atoms. The smallest absolute Gasteiger partial charge is 0.259 e. The van der Waals surface area contributed by atoms with Crippen LogP contribution in [0.5, 0.6) is 5.75 Å². The highest BCUT2D eigenvalue weighted by Crippen LogP contribution is 2.21. The fraction of sp³-hybridized carbons (Fsp3) is 0.280. The maximum atomic E-state index is 12.8. The molecule has 1 heterocycles. The number of amides is 2. The third kappa shape index (κ3) is 6.74. The average molecular weight is 421 g/mol. The molecule has 2 N–H and O–H groups in total. The molecular formula is C25H28N2O4. The lowest BCUT2D eigenvalue weighted by atomic mass is 10.1. The molecule has 0 fully saturated rings. The van der Waals surface area contributed by atoms with E-state index >= 15 is 0 Å². The number of hydrogen-bond donors (Lipinski definition) is 2. The number of furan rings is 1. The Morgan fingerprint density at radius 1 is 0.935 bits per heavy atom. The summed E-state index contributed by atoms with van der Waals surface area (Å²) in [5.41, 5.74) is 1.45. The maximum absolute atomic E-state index is 12.8. The van der Waals surface area contributed by atoms with Crippen molar-refractivity contribution in [3.8, 4) is 5.75 Å². The summed E-state index contributed by atoms with van der Waals surface area (Å²) in [4.78, 5) is 25.2. The Balaban J connectivity index is 1.60. The molecule has 31 heavy (non-hydrogen) atoms. The van der Waals surface area contributed by atoms with E-state index in [1.54, 1.807) is 60.9 Å². The molecule has 162 valence electrons. The number of nitrogens with one attached hydrogen (secondary N) is 2. The van der Waals surface area contributed by atoms with E-state index in [1.165, 1.54) is 12.8 Å². The normalized spacial score (nSPS) is 10.5. The lowest BCUT2D eigenvalue weighted by Crippen LogP contribution is -2.22. The van der Waals surface area contributed by atoms with Gasteiger partial charge in [0, 0.05) is 11.3 Å². The molecular weight excluding hydrogens is 392 g/mol. The molecule has 0 unspecified atom stereocenters. The van der Waals surface area contributed by atoms with Crippen molar-refractivity contribution >= 4 is 17.5 Å². The summed E-state index contributed by atoms with van der Waals surface area (Å²) in [6, 6.07) is 17.6. The third-order valence-electron chi connectivity index (χ3n) is 4.77. The summed E-state index contributed by atoms with van der Waals surface area (Å²) in [6.45, 7) is 3.04. The van der Waals surface area contributed by atoms with Crippen LogP contribution in [-0.4, -0.2) is 18.4 Å². The molecule has 0 aliphatic heterocycles. The number of carbonyl (C=O) groups excluding carboxylic acids is 2. The predicted octanol–water partition coefficient (Wildman–Crippen LogP) is 5.42. The van der Waals surface area contributed by atoms with Gasteiger partial charge in [0.15, 0.2) is 0 Å². The van der Waals surface area contributed by atoms with Crippen molar-refractivity contribution in [3.05, 3.63) is 83.8 Å². The van der Waals surface area contributed by atoms with Crippen molar-refractivity contribution < 1.29 is 18.7 Å². The van der Waals surface area contributed by atoms with Crippen LogP contribution in [0, 0.1) is 0 Å². The molecule has 0 atom stereocenters. The number of rotatable bonds is 11. The van der Waals surface area contributed by atoms with Gasteiger partial charge < -0.3 is 19.8 Å². The number of para-hydroxylation sites is 1. The molecule has 3 rings (SSSR count). The van der Waals surface area contributed by atoms with Crippen molar-refractivity contribution in [2.24, 2.45) is 0 Å². The molecule has 6 heteroatoms. The van der Waals surface area contributed by atoms with Crippen LogP contribution in [0.25, 0.3) is 0 Å². The second-order valence-electron chi connectivity index (χ2n) is 7.20. The highest BCUT2D eigenvalue weighted by molar-refractivity contribution is 6.06. The number of benzene rings is 2. The first-order valence-corrected chi connectivity index (χ1v) is 10.6. The number of unbranched alkanes of at least 4 members (excludes halogenated alkanes) is 3. The van der Waals surface area contributed by atoms with Crippen molar-refractivity contribution in [1.29, 1.82) is 0 Å². The minimum Gasteiger partial charge on any atom is -0.493 e. The van der Waals surface area contributed by atoms with Gasteiger partial charge in [0.1, 0.15) is 11.5 Å². The van der Waals surface area contributed by atoms with Crippen LogP contribution in [0.1, 0.15) is 59.1 Å². The standard InChI is InChI=1S/C25H28N2O4/c1-2-3-4-7-15-31-23-14-6-5-13-22(23)25(29)27-20-11-8-10-19(17-20)24(28)26-18-21-12-9-16-30-21/h5-6,8-14,16-17H,2-4,7,15,18H2,1H3,(H,26,28)(H,27,29). The van der Waals surface area contributed by atoms with Crippen molar-refractivity contribution in [2.75, 3.05) is 11.9 Å². The Labute approximate surface area is 182 Å². The van der Waals surface area contributed by atoms with Crippen LogP contribution in [0.2, 0.25) is 0 Å². The summed E-state index contributed by atoms with van der Waals surface area (Å²) in [5.74, 6) is 0.702. The van der Waals surface area contributed by atoms with Crippen LogP contribution >= 0.6 is 0 Å².